The van der Waals surface area contributed by atoms with Crippen LogP contribution in [-0.2, 0) is 4.79 Å². The first kappa shape index (κ1) is 13.4. The zero-order valence-corrected chi connectivity index (χ0v) is 10.3. The molecular formula is C13H24O. The minimum absolute atomic E-state index is 0.255. The van der Waals surface area contributed by atoms with Crippen LogP contribution in [0.1, 0.15) is 60.3 Å². The highest BCUT2D eigenvalue weighted by atomic mass is 16.1. The van der Waals surface area contributed by atoms with Gasteiger partial charge in [0.2, 0.25) is 0 Å². The molecule has 0 saturated carbocycles. The van der Waals surface area contributed by atoms with Crippen LogP contribution in [0.3, 0.4) is 0 Å². The number of rotatable bonds is 6. The lowest BCUT2D eigenvalue weighted by Gasteiger charge is -2.26. The molecule has 0 atom stereocenters. The predicted octanol–water partition coefficient (Wildman–Crippen LogP) is 4.13. The zero-order chi connectivity index (χ0) is 11.2. The van der Waals surface area contributed by atoms with Crippen molar-refractivity contribution >= 4 is 5.78 Å². The highest BCUT2D eigenvalue weighted by Gasteiger charge is 2.20. The monoisotopic (exact) mass is 196 g/mol. The lowest BCUT2D eigenvalue weighted by Crippen LogP contribution is -2.14. The second-order valence-electron chi connectivity index (χ2n) is 4.58. The van der Waals surface area contributed by atoms with Crippen molar-refractivity contribution in [1.82, 2.24) is 0 Å². The van der Waals surface area contributed by atoms with E-state index in [0.29, 0.717) is 12.2 Å². The van der Waals surface area contributed by atoms with Gasteiger partial charge in [-0.25, -0.2) is 0 Å². The van der Waals surface area contributed by atoms with Crippen LogP contribution < -0.4 is 0 Å². The molecule has 0 aromatic carbocycles. The Morgan fingerprint density at radius 2 is 1.79 bits per heavy atom. The van der Waals surface area contributed by atoms with Crippen molar-refractivity contribution in [2.24, 2.45) is 5.41 Å². The summed E-state index contributed by atoms with van der Waals surface area (Å²) in [6, 6.07) is 0. The van der Waals surface area contributed by atoms with Gasteiger partial charge in [-0.05, 0) is 31.6 Å². The van der Waals surface area contributed by atoms with Crippen LogP contribution >= 0.6 is 0 Å². The van der Waals surface area contributed by atoms with Crippen LogP contribution in [0.2, 0.25) is 0 Å². The van der Waals surface area contributed by atoms with E-state index in [2.05, 4.69) is 33.8 Å². The maximum Gasteiger partial charge on any atom is 0.130 e. The second kappa shape index (κ2) is 6.00. The van der Waals surface area contributed by atoms with E-state index in [1.807, 2.05) is 0 Å². The van der Waals surface area contributed by atoms with E-state index in [-0.39, 0.29) is 5.41 Å². The van der Waals surface area contributed by atoms with Gasteiger partial charge >= 0.3 is 0 Å². The second-order valence-corrected chi connectivity index (χ2v) is 4.58. The highest BCUT2D eigenvalue weighted by molar-refractivity contribution is 5.75. The Morgan fingerprint density at radius 3 is 2.14 bits per heavy atom. The lowest BCUT2D eigenvalue weighted by molar-refractivity contribution is -0.117. The summed E-state index contributed by atoms with van der Waals surface area (Å²) in [4.78, 5) is 10.9. The summed E-state index contributed by atoms with van der Waals surface area (Å²) in [5, 5.41) is 0. The third-order valence-electron chi connectivity index (χ3n) is 2.95. The van der Waals surface area contributed by atoms with Gasteiger partial charge in [-0.15, -0.1) is 0 Å². The van der Waals surface area contributed by atoms with Gasteiger partial charge < -0.3 is 4.79 Å². The molecule has 0 fully saturated rings. The van der Waals surface area contributed by atoms with Crippen molar-refractivity contribution in [1.29, 1.82) is 0 Å². The summed E-state index contributed by atoms with van der Waals surface area (Å²) in [6.45, 7) is 10.5. The molecule has 0 aliphatic carbocycles. The van der Waals surface area contributed by atoms with Gasteiger partial charge in [0.15, 0.2) is 0 Å². The fourth-order valence-corrected chi connectivity index (χ4v) is 1.50. The third-order valence-corrected chi connectivity index (χ3v) is 2.95. The van der Waals surface area contributed by atoms with Crippen LogP contribution in [0.25, 0.3) is 0 Å². The number of allylic oxidation sites excluding steroid dienone is 2. The van der Waals surface area contributed by atoms with Gasteiger partial charge in [0.1, 0.15) is 5.78 Å². The van der Waals surface area contributed by atoms with Gasteiger partial charge in [-0.2, -0.15) is 0 Å². The number of ketones is 1. The molecule has 0 heterocycles. The summed E-state index contributed by atoms with van der Waals surface area (Å²) in [7, 11) is 0. The summed E-state index contributed by atoms with van der Waals surface area (Å²) >= 11 is 0. The maximum absolute atomic E-state index is 10.9. The maximum atomic E-state index is 10.9. The number of carbonyl (C=O) groups excluding carboxylic acids is 1. The van der Waals surface area contributed by atoms with Gasteiger partial charge in [0.05, 0.1) is 0 Å². The minimum Gasteiger partial charge on any atom is -0.300 e. The van der Waals surface area contributed by atoms with Crippen LogP contribution in [0, 0.1) is 5.41 Å². The molecule has 0 aromatic rings. The summed E-state index contributed by atoms with van der Waals surface area (Å²) in [6.07, 6.45) is 6.11. The van der Waals surface area contributed by atoms with Gasteiger partial charge in [0, 0.05) is 6.42 Å². The average molecular weight is 196 g/mol. The molecule has 0 aromatic heterocycles. The normalized spacial score (nSPS) is 13.1. The first-order valence-corrected chi connectivity index (χ1v) is 5.63. The molecular weight excluding hydrogens is 172 g/mol. The van der Waals surface area contributed by atoms with E-state index in [9.17, 15) is 4.79 Å². The van der Waals surface area contributed by atoms with Crippen molar-refractivity contribution < 1.29 is 4.79 Å². The van der Waals surface area contributed by atoms with Crippen LogP contribution in [0.5, 0.6) is 0 Å². The minimum atomic E-state index is 0.255. The van der Waals surface area contributed by atoms with Crippen LogP contribution in [-0.4, -0.2) is 5.78 Å². The Hall–Kier alpha value is -0.590. The van der Waals surface area contributed by atoms with E-state index >= 15 is 0 Å². The van der Waals surface area contributed by atoms with Crippen molar-refractivity contribution in [2.75, 3.05) is 0 Å². The summed E-state index contributed by atoms with van der Waals surface area (Å²) in [5.74, 6) is 0.291. The predicted molar refractivity (Wildman–Crippen MR) is 62.4 cm³/mol. The number of hydrogen-bond donors (Lipinski definition) is 0. The first-order chi connectivity index (χ1) is 6.44. The Morgan fingerprint density at radius 1 is 1.21 bits per heavy atom. The zero-order valence-electron chi connectivity index (χ0n) is 10.3. The van der Waals surface area contributed by atoms with Crippen molar-refractivity contribution in [2.45, 2.75) is 60.3 Å². The lowest BCUT2D eigenvalue weighted by atomic mass is 9.79. The van der Waals surface area contributed by atoms with Gasteiger partial charge in [-0.3, -0.25) is 0 Å². The molecule has 0 aliphatic heterocycles. The molecule has 82 valence electrons. The quantitative estimate of drug-likeness (QED) is 0.584. The topological polar surface area (TPSA) is 17.1 Å². The SMILES string of the molecule is CC/C=C(\CCC(C)=O)C(C)(C)CC. The molecule has 0 amide bonds. The van der Waals surface area contributed by atoms with Gasteiger partial charge in [-0.1, -0.05) is 39.3 Å². The smallest absolute Gasteiger partial charge is 0.130 e. The number of hydrogen-bond acceptors (Lipinski definition) is 1. The highest BCUT2D eigenvalue weighted by Crippen LogP contribution is 2.33. The Labute approximate surface area is 88.6 Å². The molecule has 14 heavy (non-hydrogen) atoms. The molecule has 1 nitrogen and oxygen atoms in total. The molecule has 0 radical (unpaired) electrons. The summed E-state index contributed by atoms with van der Waals surface area (Å²) in [5.41, 5.74) is 1.70. The van der Waals surface area contributed by atoms with Crippen molar-refractivity contribution in [3.05, 3.63) is 11.6 Å². The standard InChI is InChI=1S/C13H24O/c1-6-8-12(10-9-11(3)14)13(4,5)7-2/h8H,6-7,9-10H2,1-5H3/b12-8+. The van der Waals surface area contributed by atoms with E-state index in [4.69, 9.17) is 0 Å². The molecule has 0 unspecified atom stereocenters. The number of Topliss-reactive ketones (excluding diaryl/α,β-unsaturated/α-hetero) is 1. The fourth-order valence-electron chi connectivity index (χ4n) is 1.50. The average Bonchev–Trinajstić information content (AvgIpc) is 2.11. The van der Waals surface area contributed by atoms with E-state index < -0.39 is 0 Å². The van der Waals surface area contributed by atoms with Crippen molar-refractivity contribution in [3.63, 3.8) is 0 Å². The van der Waals surface area contributed by atoms with E-state index in [1.165, 1.54) is 5.57 Å². The number of carbonyl (C=O) groups is 1. The van der Waals surface area contributed by atoms with E-state index in [1.54, 1.807) is 6.92 Å². The van der Waals surface area contributed by atoms with Crippen LogP contribution in [0.15, 0.2) is 11.6 Å². The van der Waals surface area contributed by atoms with E-state index in [0.717, 1.165) is 19.3 Å². The Balaban J connectivity index is 4.45. The fraction of sp³-hybridized carbons (Fsp3) is 0.769. The summed E-state index contributed by atoms with van der Waals surface area (Å²) < 4.78 is 0. The van der Waals surface area contributed by atoms with Crippen molar-refractivity contribution in [3.8, 4) is 0 Å². The Kier molecular flexibility index (Phi) is 5.75. The molecule has 0 rings (SSSR count). The third kappa shape index (κ3) is 4.59. The molecule has 1 heteroatoms. The first-order valence-electron chi connectivity index (χ1n) is 5.63. The molecule has 0 bridgehead atoms. The van der Waals surface area contributed by atoms with Crippen LogP contribution in [0.4, 0.5) is 0 Å². The Bertz CT molecular complexity index is 211. The largest absolute Gasteiger partial charge is 0.300 e. The molecule has 0 aliphatic rings. The van der Waals surface area contributed by atoms with Gasteiger partial charge in [0.25, 0.3) is 0 Å². The molecule has 0 N–H and O–H groups in total. The molecule has 0 saturated heterocycles. The molecule has 0 spiro atoms.